The summed E-state index contributed by atoms with van der Waals surface area (Å²) >= 11 is 0. The number of benzene rings is 1. The number of hydrogen-bond donors (Lipinski definition) is 1. The van der Waals surface area contributed by atoms with Crippen LogP contribution < -0.4 is 0 Å². The van der Waals surface area contributed by atoms with Crippen molar-refractivity contribution in [2.45, 2.75) is 17.0 Å². The molecule has 2 atom stereocenters. The van der Waals surface area contributed by atoms with Crippen LogP contribution in [-0.2, 0) is 9.84 Å². The topological polar surface area (TPSA) is 57.6 Å². The smallest absolute Gasteiger partial charge is 0.175 e. The third-order valence-corrected chi connectivity index (χ3v) is 4.05. The van der Waals surface area contributed by atoms with E-state index in [-0.39, 0.29) is 6.04 Å². The van der Waals surface area contributed by atoms with E-state index in [1.54, 1.807) is 18.2 Å². The maximum absolute atomic E-state index is 11.4. The van der Waals surface area contributed by atoms with Crippen LogP contribution in [0.1, 0.15) is 11.6 Å². The molecule has 1 aliphatic heterocycles. The molecule has 1 aromatic carbocycles. The lowest BCUT2D eigenvalue weighted by molar-refractivity contribution is -0.0469. The molecule has 4 nitrogen and oxygen atoms in total. The first-order valence-corrected chi connectivity index (χ1v) is 6.97. The van der Waals surface area contributed by atoms with E-state index >= 15 is 0 Å². The summed E-state index contributed by atoms with van der Waals surface area (Å²) in [6, 6.07) is 6.69. The van der Waals surface area contributed by atoms with Crippen LogP contribution in [0, 0.1) is 0 Å². The van der Waals surface area contributed by atoms with E-state index in [0.29, 0.717) is 11.4 Å². The third kappa shape index (κ3) is 1.98. The Morgan fingerprint density at radius 2 is 2.12 bits per heavy atom. The van der Waals surface area contributed by atoms with E-state index in [9.17, 15) is 13.5 Å². The summed E-state index contributed by atoms with van der Waals surface area (Å²) in [6.07, 6.45) is 0.785. The predicted molar refractivity (Wildman–Crippen MR) is 60.9 cm³/mol. The van der Waals surface area contributed by atoms with Crippen LogP contribution in [0.3, 0.4) is 0 Å². The molecular weight excluding hydrogens is 226 g/mol. The molecule has 0 radical (unpaired) electrons. The first-order valence-electron chi connectivity index (χ1n) is 5.08. The monoisotopic (exact) mass is 241 g/mol. The standard InChI is InChI=1S/C11H15NO3S/c1-12-7-10(13)11(12)8-4-3-5-9(6-8)16(2,14)15/h3-6,10-11,13H,7H2,1-2H3. The Labute approximate surface area is 95.4 Å². The zero-order valence-electron chi connectivity index (χ0n) is 9.29. The molecule has 0 aliphatic carbocycles. The van der Waals surface area contributed by atoms with Crippen LogP contribution in [0.5, 0.6) is 0 Å². The van der Waals surface area contributed by atoms with Gasteiger partial charge in [0.2, 0.25) is 0 Å². The highest BCUT2D eigenvalue weighted by Crippen LogP contribution is 2.32. The van der Waals surface area contributed by atoms with E-state index in [1.165, 1.54) is 6.26 Å². The van der Waals surface area contributed by atoms with Crippen LogP contribution in [0.15, 0.2) is 29.2 Å². The van der Waals surface area contributed by atoms with Crippen LogP contribution in [0.25, 0.3) is 0 Å². The summed E-state index contributed by atoms with van der Waals surface area (Å²) < 4.78 is 22.8. The first kappa shape index (κ1) is 11.6. The summed E-state index contributed by atoms with van der Waals surface area (Å²) in [5, 5.41) is 9.63. The first-order chi connectivity index (χ1) is 7.39. The molecule has 0 bridgehead atoms. The predicted octanol–water partition coefficient (Wildman–Crippen LogP) is 0.438. The Bertz CT molecular complexity index is 490. The lowest BCUT2D eigenvalue weighted by atomic mass is 9.93. The summed E-state index contributed by atoms with van der Waals surface area (Å²) in [6.45, 7) is 0.633. The Balaban J connectivity index is 2.37. The molecule has 1 N–H and O–H groups in total. The van der Waals surface area contributed by atoms with Crippen molar-refractivity contribution in [2.24, 2.45) is 0 Å². The average molecular weight is 241 g/mol. The van der Waals surface area contributed by atoms with Crippen molar-refractivity contribution < 1.29 is 13.5 Å². The molecule has 16 heavy (non-hydrogen) atoms. The highest BCUT2D eigenvalue weighted by molar-refractivity contribution is 7.90. The number of hydrogen-bond acceptors (Lipinski definition) is 4. The minimum absolute atomic E-state index is 0.0818. The minimum atomic E-state index is -3.18. The molecule has 88 valence electrons. The number of nitrogens with zero attached hydrogens (tertiary/aromatic N) is 1. The average Bonchev–Trinajstić information content (AvgIpc) is 2.16. The van der Waals surface area contributed by atoms with Gasteiger partial charge in [0.05, 0.1) is 17.0 Å². The van der Waals surface area contributed by atoms with Crippen LogP contribution in [0.4, 0.5) is 0 Å². The van der Waals surface area contributed by atoms with Gasteiger partial charge in [0, 0.05) is 12.8 Å². The molecule has 1 heterocycles. The van der Waals surface area contributed by atoms with Crippen molar-refractivity contribution in [3.8, 4) is 0 Å². The van der Waals surface area contributed by atoms with Gasteiger partial charge in [0.25, 0.3) is 0 Å². The molecule has 1 fully saturated rings. The lowest BCUT2D eigenvalue weighted by Crippen LogP contribution is -2.51. The van der Waals surface area contributed by atoms with Crippen molar-refractivity contribution in [2.75, 3.05) is 19.8 Å². The van der Waals surface area contributed by atoms with Gasteiger partial charge in [-0.2, -0.15) is 0 Å². The van der Waals surface area contributed by atoms with Crippen LogP contribution in [0.2, 0.25) is 0 Å². The van der Waals surface area contributed by atoms with Crippen molar-refractivity contribution >= 4 is 9.84 Å². The van der Waals surface area contributed by atoms with E-state index in [4.69, 9.17) is 0 Å². The summed E-state index contributed by atoms with van der Waals surface area (Å²) in [4.78, 5) is 2.30. The number of likely N-dealkylation sites (N-methyl/N-ethyl adjacent to an activating group) is 1. The van der Waals surface area contributed by atoms with E-state index in [0.717, 1.165) is 5.56 Å². The normalized spacial score (nSPS) is 26.4. The second-order valence-electron chi connectivity index (χ2n) is 4.30. The molecule has 0 amide bonds. The van der Waals surface area contributed by atoms with Crippen LogP contribution >= 0.6 is 0 Å². The third-order valence-electron chi connectivity index (χ3n) is 2.94. The highest BCUT2D eigenvalue weighted by atomic mass is 32.2. The lowest BCUT2D eigenvalue weighted by Gasteiger charge is -2.43. The zero-order chi connectivity index (χ0) is 11.9. The molecule has 1 aliphatic rings. The molecule has 5 heteroatoms. The maximum atomic E-state index is 11.4. The fourth-order valence-electron chi connectivity index (χ4n) is 2.07. The second-order valence-corrected chi connectivity index (χ2v) is 6.31. The Kier molecular flexibility index (Phi) is 2.77. The Morgan fingerprint density at radius 3 is 2.62 bits per heavy atom. The van der Waals surface area contributed by atoms with E-state index in [1.807, 2.05) is 18.0 Å². The van der Waals surface area contributed by atoms with Gasteiger partial charge in [-0.05, 0) is 24.7 Å². The Morgan fingerprint density at radius 1 is 1.44 bits per heavy atom. The molecular formula is C11H15NO3S. The molecule has 1 saturated heterocycles. The largest absolute Gasteiger partial charge is 0.390 e. The second kappa shape index (κ2) is 3.84. The van der Waals surface area contributed by atoms with Gasteiger partial charge in [0.1, 0.15) is 0 Å². The maximum Gasteiger partial charge on any atom is 0.175 e. The summed E-state index contributed by atoms with van der Waals surface area (Å²) in [5.74, 6) is 0. The molecule has 0 aromatic heterocycles. The van der Waals surface area contributed by atoms with E-state index in [2.05, 4.69) is 0 Å². The quantitative estimate of drug-likeness (QED) is 0.816. The number of aliphatic hydroxyl groups excluding tert-OH is 1. The molecule has 0 saturated carbocycles. The number of rotatable bonds is 2. The number of β-amino-alcohol motifs (C(OH)–C–C–N with tert-alkyl or cyclic N) is 1. The Hall–Kier alpha value is -0.910. The van der Waals surface area contributed by atoms with Crippen molar-refractivity contribution in [1.29, 1.82) is 0 Å². The van der Waals surface area contributed by atoms with Crippen molar-refractivity contribution in [1.82, 2.24) is 4.90 Å². The van der Waals surface area contributed by atoms with Gasteiger partial charge in [-0.1, -0.05) is 12.1 Å². The SMILES string of the molecule is CN1CC(O)C1c1cccc(S(C)(=O)=O)c1. The molecule has 2 rings (SSSR count). The van der Waals surface area contributed by atoms with E-state index < -0.39 is 15.9 Å². The van der Waals surface area contributed by atoms with Gasteiger partial charge >= 0.3 is 0 Å². The number of sulfone groups is 1. The number of likely N-dealkylation sites (tertiary alicyclic amines) is 1. The zero-order valence-corrected chi connectivity index (χ0v) is 10.1. The van der Waals surface area contributed by atoms with Gasteiger partial charge in [-0.25, -0.2) is 8.42 Å². The fourth-order valence-corrected chi connectivity index (χ4v) is 2.75. The molecule has 0 spiro atoms. The van der Waals surface area contributed by atoms with Gasteiger partial charge in [0.15, 0.2) is 9.84 Å². The minimum Gasteiger partial charge on any atom is -0.390 e. The van der Waals surface area contributed by atoms with Gasteiger partial charge in [-0.15, -0.1) is 0 Å². The molecule has 1 aromatic rings. The molecule has 2 unspecified atom stereocenters. The van der Waals surface area contributed by atoms with Gasteiger partial charge < -0.3 is 5.11 Å². The van der Waals surface area contributed by atoms with Gasteiger partial charge in [-0.3, -0.25) is 4.90 Å². The van der Waals surface area contributed by atoms with Crippen molar-refractivity contribution in [3.05, 3.63) is 29.8 Å². The highest BCUT2D eigenvalue weighted by Gasteiger charge is 2.36. The fraction of sp³-hybridized carbons (Fsp3) is 0.455. The summed E-state index contributed by atoms with van der Waals surface area (Å²) in [7, 11) is -1.27. The van der Waals surface area contributed by atoms with Crippen molar-refractivity contribution in [3.63, 3.8) is 0 Å². The number of aliphatic hydroxyl groups is 1. The summed E-state index contributed by atoms with van der Waals surface area (Å²) in [5.41, 5.74) is 0.851. The van der Waals surface area contributed by atoms with Crippen LogP contribution in [-0.4, -0.2) is 44.4 Å².